The van der Waals surface area contributed by atoms with Crippen LogP contribution in [0.2, 0.25) is 0 Å². The normalized spacial score (nSPS) is 37.5. The number of nitrogens with zero attached hydrogens (tertiary/aromatic N) is 1. The summed E-state index contributed by atoms with van der Waals surface area (Å²) in [6.07, 6.45) is 3.49. The second-order valence-electron chi connectivity index (χ2n) is 5.03. The van der Waals surface area contributed by atoms with Gasteiger partial charge >= 0.3 is 0 Å². The molecule has 2 saturated heterocycles. The fourth-order valence-electron chi connectivity index (χ4n) is 2.91. The minimum absolute atomic E-state index is 0.0129. The molecule has 2 fully saturated rings. The van der Waals surface area contributed by atoms with E-state index in [0.29, 0.717) is 6.04 Å². The van der Waals surface area contributed by atoms with Gasteiger partial charge in [0, 0.05) is 20.2 Å². The van der Waals surface area contributed by atoms with Gasteiger partial charge in [0.15, 0.2) is 0 Å². The van der Waals surface area contributed by atoms with Gasteiger partial charge in [0.2, 0.25) is 0 Å². The lowest BCUT2D eigenvalue weighted by Crippen LogP contribution is -2.60. The van der Waals surface area contributed by atoms with Gasteiger partial charge in [0.25, 0.3) is 0 Å². The molecule has 0 aromatic heterocycles. The smallest absolute Gasteiger partial charge is 0.0870 e. The minimum Gasteiger partial charge on any atom is -0.383 e. The Hall–Kier alpha value is -0.160. The topological polar surface area (TPSA) is 33.7 Å². The van der Waals surface area contributed by atoms with Gasteiger partial charge in [0.1, 0.15) is 0 Å². The van der Waals surface area contributed by atoms with Crippen molar-refractivity contribution in [3.05, 3.63) is 0 Å². The Morgan fingerprint density at radius 2 is 2.31 bits per heavy atom. The molecular weight excluding hydrogens is 204 g/mol. The highest BCUT2D eigenvalue weighted by molar-refractivity contribution is 4.97. The summed E-state index contributed by atoms with van der Waals surface area (Å²) in [7, 11) is 3.97. The van der Waals surface area contributed by atoms with Crippen molar-refractivity contribution >= 4 is 0 Å². The number of nitrogens with one attached hydrogen (secondary N) is 1. The van der Waals surface area contributed by atoms with Crippen LogP contribution in [-0.4, -0.2) is 63.5 Å². The van der Waals surface area contributed by atoms with Crippen LogP contribution in [0.15, 0.2) is 0 Å². The molecule has 2 heterocycles. The van der Waals surface area contributed by atoms with Crippen LogP contribution < -0.4 is 5.32 Å². The zero-order chi connectivity index (χ0) is 11.4. The van der Waals surface area contributed by atoms with Gasteiger partial charge in [-0.3, -0.25) is 0 Å². The number of hydrogen-bond donors (Lipinski definition) is 1. The highest BCUT2D eigenvalue weighted by Crippen LogP contribution is 2.31. The van der Waals surface area contributed by atoms with Crippen molar-refractivity contribution in [2.75, 3.05) is 47.0 Å². The van der Waals surface area contributed by atoms with E-state index < -0.39 is 0 Å². The first kappa shape index (κ1) is 12.3. The summed E-state index contributed by atoms with van der Waals surface area (Å²) in [5, 5.41) is 3.55. The van der Waals surface area contributed by atoms with Crippen LogP contribution in [0.3, 0.4) is 0 Å². The Labute approximate surface area is 98.3 Å². The predicted molar refractivity (Wildman–Crippen MR) is 63.7 cm³/mol. The Kier molecular flexibility index (Phi) is 4.19. The quantitative estimate of drug-likeness (QED) is 0.745. The van der Waals surface area contributed by atoms with Crippen LogP contribution in [0.5, 0.6) is 0 Å². The lowest BCUT2D eigenvalue weighted by molar-refractivity contribution is -0.118. The van der Waals surface area contributed by atoms with E-state index in [4.69, 9.17) is 9.47 Å². The molecule has 4 heteroatoms. The van der Waals surface area contributed by atoms with Crippen molar-refractivity contribution in [1.82, 2.24) is 10.2 Å². The molecule has 0 aromatic carbocycles. The first-order chi connectivity index (χ1) is 7.77. The molecule has 0 aromatic rings. The maximum absolute atomic E-state index is 6.13. The molecule has 0 aliphatic carbocycles. The summed E-state index contributed by atoms with van der Waals surface area (Å²) in [5.74, 6) is 0. The molecule has 4 nitrogen and oxygen atoms in total. The summed E-state index contributed by atoms with van der Waals surface area (Å²) < 4.78 is 11.5. The highest BCUT2D eigenvalue weighted by Gasteiger charge is 2.42. The van der Waals surface area contributed by atoms with Crippen LogP contribution in [0.4, 0.5) is 0 Å². The zero-order valence-corrected chi connectivity index (χ0v) is 10.5. The number of rotatable bonds is 2. The molecule has 2 aliphatic rings. The number of hydrogen-bond acceptors (Lipinski definition) is 4. The van der Waals surface area contributed by atoms with Gasteiger partial charge in [-0.2, -0.15) is 0 Å². The van der Waals surface area contributed by atoms with E-state index in [1.807, 2.05) is 0 Å². The fraction of sp³-hybridized carbons (Fsp3) is 1.00. The van der Waals surface area contributed by atoms with E-state index in [-0.39, 0.29) is 5.60 Å². The number of ether oxygens (including phenoxy) is 2. The monoisotopic (exact) mass is 228 g/mol. The van der Waals surface area contributed by atoms with Crippen molar-refractivity contribution < 1.29 is 9.47 Å². The molecule has 94 valence electrons. The average molecular weight is 228 g/mol. The average Bonchev–Trinajstić information content (AvgIpc) is 2.46. The second kappa shape index (κ2) is 5.45. The first-order valence-electron chi connectivity index (χ1n) is 6.32. The molecule has 0 bridgehead atoms. The summed E-state index contributed by atoms with van der Waals surface area (Å²) in [6, 6.07) is 0.359. The maximum Gasteiger partial charge on any atom is 0.0870 e. The van der Waals surface area contributed by atoms with Crippen LogP contribution in [0.25, 0.3) is 0 Å². The van der Waals surface area contributed by atoms with E-state index in [9.17, 15) is 0 Å². The van der Waals surface area contributed by atoms with Gasteiger partial charge in [-0.05, 0) is 32.9 Å². The van der Waals surface area contributed by atoms with E-state index in [0.717, 1.165) is 39.1 Å². The van der Waals surface area contributed by atoms with Crippen LogP contribution in [0.1, 0.15) is 19.3 Å². The highest BCUT2D eigenvalue weighted by atomic mass is 16.5. The number of methoxy groups -OCH3 is 1. The molecular formula is C12H24N2O2. The third-order valence-electron chi connectivity index (χ3n) is 3.91. The maximum atomic E-state index is 6.13. The van der Waals surface area contributed by atoms with Crippen molar-refractivity contribution in [2.24, 2.45) is 0 Å². The Morgan fingerprint density at radius 3 is 3.12 bits per heavy atom. The first-order valence-corrected chi connectivity index (χ1v) is 6.32. The zero-order valence-electron chi connectivity index (χ0n) is 10.5. The standard InChI is InChI=1S/C12H24N2O2/c1-14-7-3-4-12(5-8-14)11(10-15-2)13-6-9-16-12/h11,13H,3-10H2,1-2H3. The van der Waals surface area contributed by atoms with E-state index in [2.05, 4.69) is 17.3 Å². The Bertz CT molecular complexity index is 223. The molecule has 0 radical (unpaired) electrons. The summed E-state index contributed by atoms with van der Waals surface area (Å²) in [5.41, 5.74) is 0.0129. The minimum atomic E-state index is 0.0129. The molecule has 0 saturated carbocycles. The van der Waals surface area contributed by atoms with Crippen molar-refractivity contribution in [1.29, 1.82) is 0 Å². The Balaban J connectivity index is 2.05. The summed E-state index contributed by atoms with van der Waals surface area (Å²) in [4.78, 5) is 2.40. The molecule has 2 aliphatic heterocycles. The van der Waals surface area contributed by atoms with E-state index in [1.165, 1.54) is 13.0 Å². The molecule has 1 N–H and O–H groups in total. The number of likely N-dealkylation sites (tertiary alicyclic amines) is 1. The lowest BCUT2D eigenvalue weighted by Gasteiger charge is -2.44. The van der Waals surface area contributed by atoms with Crippen molar-refractivity contribution in [3.8, 4) is 0 Å². The van der Waals surface area contributed by atoms with Gasteiger partial charge in [-0.15, -0.1) is 0 Å². The van der Waals surface area contributed by atoms with Crippen LogP contribution in [0, 0.1) is 0 Å². The SMILES string of the molecule is COCC1NCCOC12CCCN(C)CC2. The molecule has 2 atom stereocenters. The molecule has 0 amide bonds. The Morgan fingerprint density at radius 1 is 1.44 bits per heavy atom. The fourth-order valence-corrected chi connectivity index (χ4v) is 2.91. The van der Waals surface area contributed by atoms with Gasteiger partial charge in [0.05, 0.1) is 24.9 Å². The van der Waals surface area contributed by atoms with Crippen LogP contribution in [-0.2, 0) is 9.47 Å². The summed E-state index contributed by atoms with van der Waals surface area (Å²) in [6.45, 7) is 4.85. The molecule has 16 heavy (non-hydrogen) atoms. The van der Waals surface area contributed by atoms with Gasteiger partial charge in [-0.1, -0.05) is 0 Å². The summed E-state index contributed by atoms with van der Waals surface area (Å²) >= 11 is 0. The van der Waals surface area contributed by atoms with Gasteiger partial charge in [-0.25, -0.2) is 0 Å². The predicted octanol–water partition coefficient (Wildman–Crippen LogP) is 0.476. The van der Waals surface area contributed by atoms with E-state index >= 15 is 0 Å². The largest absolute Gasteiger partial charge is 0.383 e. The molecule has 1 spiro atoms. The van der Waals surface area contributed by atoms with Crippen LogP contribution >= 0.6 is 0 Å². The number of morpholine rings is 1. The van der Waals surface area contributed by atoms with Crippen molar-refractivity contribution in [3.63, 3.8) is 0 Å². The lowest BCUT2D eigenvalue weighted by atomic mass is 9.85. The van der Waals surface area contributed by atoms with Gasteiger partial charge < -0.3 is 19.7 Å². The van der Waals surface area contributed by atoms with E-state index in [1.54, 1.807) is 7.11 Å². The second-order valence-corrected chi connectivity index (χ2v) is 5.03. The molecule has 2 rings (SSSR count). The molecule has 2 unspecified atom stereocenters. The van der Waals surface area contributed by atoms with Crippen molar-refractivity contribution in [2.45, 2.75) is 30.9 Å². The third-order valence-corrected chi connectivity index (χ3v) is 3.91. The third kappa shape index (κ3) is 2.56.